The minimum atomic E-state index is 0.751. The maximum absolute atomic E-state index is 4.06. The van der Waals surface area contributed by atoms with Crippen molar-refractivity contribution in [3.8, 4) is 11.1 Å². The number of hydrogen-bond acceptors (Lipinski definition) is 3. The van der Waals surface area contributed by atoms with Crippen LogP contribution >= 0.6 is 0 Å². The summed E-state index contributed by atoms with van der Waals surface area (Å²) >= 11 is 0. The van der Waals surface area contributed by atoms with Gasteiger partial charge in [0.1, 0.15) is 0 Å². The third-order valence-corrected chi connectivity index (χ3v) is 4.79. The number of nitrogens with zero attached hydrogens (tertiary/aromatic N) is 2. The topological polar surface area (TPSA) is 28.2 Å². The molecule has 1 aromatic heterocycles. The van der Waals surface area contributed by atoms with Gasteiger partial charge in [-0.3, -0.25) is 4.98 Å². The molecule has 147 valence electrons. The van der Waals surface area contributed by atoms with Gasteiger partial charge in [-0.2, -0.15) is 0 Å². The maximum Gasteiger partial charge on any atom is 0.0346 e. The fourth-order valence-corrected chi connectivity index (χ4v) is 3.44. The monoisotopic (exact) mass is 366 g/mol. The first-order chi connectivity index (χ1) is 13.2. The lowest BCUT2D eigenvalue weighted by Gasteiger charge is -2.18. The highest BCUT2D eigenvalue weighted by atomic mass is 15.2. The fourth-order valence-electron chi connectivity index (χ4n) is 3.44. The van der Waals surface area contributed by atoms with Crippen LogP contribution in [0.3, 0.4) is 0 Å². The van der Waals surface area contributed by atoms with Crippen molar-refractivity contribution in [1.29, 1.82) is 0 Å². The molecule has 3 nitrogen and oxygen atoms in total. The highest BCUT2D eigenvalue weighted by Crippen LogP contribution is 2.16. The van der Waals surface area contributed by atoms with E-state index in [4.69, 9.17) is 0 Å². The van der Waals surface area contributed by atoms with Crippen LogP contribution in [0.2, 0.25) is 0 Å². The Morgan fingerprint density at radius 3 is 2.52 bits per heavy atom. The highest BCUT2D eigenvalue weighted by Gasteiger charge is 2.21. The Bertz CT molecular complexity index is 560. The normalized spacial score (nSPS) is 17.0. The number of benzene rings is 1. The molecule has 0 saturated carbocycles. The van der Waals surface area contributed by atoms with Gasteiger partial charge in [0.15, 0.2) is 0 Å². The summed E-state index contributed by atoms with van der Waals surface area (Å²) in [5.41, 5.74) is 2.38. The first kappa shape index (κ1) is 21.6. The second kappa shape index (κ2) is 12.6. The van der Waals surface area contributed by atoms with E-state index >= 15 is 0 Å². The molecule has 0 amide bonds. The molecule has 1 radical (unpaired) electrons. The van der Waals surface area contributed by atoms with Crippen LogP contribution in [0.15, 0.2) is 54.9 Å². The number of nitrogens with one attached hydrogen (secondary N) is 1. The minimum Gasteiger partial charge on any atom is -0.313 e. The highest BCUT2D eigenvalue weighted by molar-refractivity contribution is 5.61. The second-order valence-corrected chi connectivity index (χ2v) is 7.70. The van der Waals surface area contributed by atoms with E-state index < -0.39 is 0 Å². The molecule has 1 N–H and O–H groups in total. The van der Waals surface area contributed by atoms with Gasteiger partial charge in [0.2, 0.25) is 0 Å². The molecule has 1 saturated heterocycles. The zero-order valence-electron chi connectivity index (χ0n) is 17.3. The average Bonchev–Trinajstić information content (AvgIpc) is 3.14. The quantitative estimate of drug-likeness (QED) is 0.651. The fraction of sp³-hybridized carbons (Fsp3) is 0.500. The van der Waals surface area contributed by atoms with Crippen LogP contribution in [0.5, 0.6) is 0 Å². The predicted molar refractivity (Wildman–Crippen MR) is 117 cm³/mol. The second-order valence-electron chi connectivity index (χ2n) is 7.70. The molecule has 2 aromatic rings. The van der Waals surface area contributed by atoms with Crippen LogP contribution < -0.4 is 5.32 Å². The van der Waals surface area contributed by atoms with Crippen LogP contribution in [0.25, 0.3) is 11.1 Å². The smallest absolute Gasteiger partial charge is 0.0346 e. The van der Waals surface area contributed by atoms with Gasteiger partial charge in [-0.25, -0.2) is 0 Å². The third kappa shape index (κ3) is 8.68. The number of pyridine rings is 1. The molecule has 0 bridgehead atoms. The van der Waals surface area contributed by atoms with E-state index in [1.807, 2.05) is 30.5 Å². The van der Waals surface area contributed by atoms with Gasteiger partial charge in [-0.05, 0) is 49.0 Å². The van der Waals surface area contributed by atoms with Gasteiger partial charge in [-0.15, -0.1) is 0 Å². The molecule has 3 heteroatoms. The summed E-state index contributed by atoms with van der Waals surface area (Å²) in [7, 11) is 0. The number of rotatable bonds is 8. The molecule has 1 fully saturated rings. The molecule has 2 heterocycles. The number of likely N-dealkylation sites (tertiary alicyclic amines) is 1. The lowest BCUT2D eigenvalue weighted by atomic mass is 10.1. The minimum absolute atomic E-state index is 0.751. The molecule has 1 aliphatic heterocycles. The van der Waals surface area contributed by atoms with Gasteiger partial charge in [0.25, 0.3) is 0 Å². The Kier molecular flexibility index (Phi) is 10.1. The average molecular weight is 367 g/mol. The standard InChI is InChI=1S/C13H27N2.C11H9N/c1-4-5-6-8-14-13-7-9-15(11-13)10-12(2)3;1-2-5-10(6-3-1)11-7-4-8-12-9-11/h13-14H,4-11H2,1-3H3;1-9H/t13-;/m1./s1. The molecule has 27 heavy (non-hydrogen) atoms. The summed E-state index contributed by atoms with van der Waals surface area (Å²) in [5.74, 6) is 1.53. The van der Waals surface area contributed by atoms with E-state index in [2.05, 4.69) is 54.2 Å². The van der Waals surface area contributed by atoms with Gasteiger partial charge < -0.3 is 10.2 Å². The molecule has 1 aliphatic rings. The van der Waals surface area contributed by atoms with E-state index in [1.54, 1.807) is 6.20 Å². The van der Waals surface area contributed by atoms with Gasteiger partial charge in [-0.1, -0.05) is 70.0 Å². The Hall–Kier alpha value is -1.71. The van der Waals surface area contributed by atoms with Crippen molar-refractivity contribution in [2.45, 2.75) is 52.5 Å². The molecule has 1 atom stereocenters. The molecule has 0 spiro atoms. The number of unbranched alkanes of at least 4 members (excludes halogenated alkanes) is 2. The summed E-state index contributed by atoms with van der Waals surface area (Å²) < 4.78 is 0. The summed E-state index contributed by atoms with van der Waals surface area (Å²) in [5, 5.41) is 3.67. The first-order valence-electron chi connectivity index (χ1n) is 10.4. The van der Waals surface area contributed by atoms with Gasteiger partial charge >= 0.3 is 0 Å². The van der Waals surface area contributed by atoms with E-state index in [1.165, 1.54) is 63.3 Å². The Morgan fingerprint density at radius 2 is 1.85 bits per heavy atom. The van der Waals surface area contributed by atoms with Crippen LogP contribution in [0.4, 0.5) is 0 Å². The van der Waals surface area contributed by atoms with Gasteiger partial charge in [0, 0.05) is 31.5 Å². The van der Waals surface area contributed by atoms with Crippen molar-refractivity contribution in [1.82, 2.24) is 15.2 Å². The number of aromatic nitrogens is 1. The van der Waals surface area contributed by atoms with Crippen molar-refractivity contribution >= 4 is 0 Å². The summed E-state index contributed by atoms with van der Waals surface area (Å²) in [4.78, 5) is 6.62. The van der Waals surface area contributed by atoms with Crippen LogP contribution in [-0.4, -0.2) is 42.1 Å². The molecular formula is C24H36N3. The molecule has 1 aromatic carbocycles. The van der Waals surface area contributed by atoms with Crippen LogP contribution in [0, 0.1) is 5.92 Å². The van der Waals surface area contributed by atoms with Gasteiger partial charge in [0.05, 0.1) is 0 Å². The maximum atomic E-state index is 4.06. The Labute approximate surface area is 166 Å². The van der Waals surface area contributed by atoms with Crippen LogP contribution in [0.1, 0.15) is 46.5 Å². The largest absolute Gasteiger partial charge is 0.313 e. The Balaban J connectivity index is 0.000000198. The lowest BCUT2D eigenvalue weighted by molar-refractivity contribution is 0.339. The van der Waals surface area contributed by atoms with Crippen molar-refractivity contribution in [2.24, 2.45) is 0 Å². The van der Waals surface area contributed by atoms with Crippen molar-refractivity contribution in [3.05, 3.63) is 60.8 Å². The van der Waals surface area contributed by atoms with E-state index in [0.717, 1.165) is 11.6 Å². The zero-order chi connectivity index (χ0) is 19.3. The summed E-state index contributed by atoms with van der Waals surface area (Å²) in [6.07, 6.45) is 9.01. The summed E-state index contributed by atoms with van der Waals surface area (Å²) in [6.45, 7) is 11.6. The number of hydrogen-bond donors (Lipinski definition) is 1. The van der Waals surface area contributed by atoms with Crippen molar-refractivity contribution < 1.29 is 0 Å². The predicted octanol–water partition coefficient (Wildman–Crippen LogP) is 5.20. The molecule has 3 rings (SSSR count). The van der Waals surface area contributed by atoms with Crippen molar-refractivity contribution in [2.75, 3.05) is 26.2 Å². The van der Waals surface area contributed by atoms with Crippen molar-refractivity contribution in [3.63, 3.8) is 0 Å². The third-order valence-electron chi connectivity index (χ3n) is 4.79. The lowest BCUT2D eigenvalue weighted by Crippen LogP contribution is -2.34. The first-order valence-corrected chi connectivity index (χ1v) is 10.4. The molecule has 0 unspecified atom stereocenters. The summed E-state index contributed by atoms with van der Waals surface area (Å²) in [6, 6.07) is 15.0. The van der Waals surface area contributed by atoms with E-state index in [9.17, 15) is 0 Å². The Morgan fingerprint density at radius 1 is 1.07 bits per heavy atom. The van der Waals surface area contributed by atoms with E-state index in [0.29, 0.717) is 0 Å². The van der Waals surface area contributed by atoms with Crippen LogP contribution in [-0.2, 0) is 0 Å². The SMILES string of the molecule is CCCCCN[C@@H]1CCN(C[C](C)C)C1.c1ccc(-c2cccnc2)cc1. The van der Waals surface area contributed by atoms with E-state index in [-0.39, 0.29) is 0 Å². The molecule has 0 aliphatic carbocycles. The molecular weight excluding hydrogens is 330 g/mol. The zero-order valence-corrected chi connectivity index (χ0v) is 17.3.